The van der Waals surface area contributed by atoms with Crippen molar-refractivity contribution < 1.29 is 5.11 Å². The Morgan fingerprint density at radius 3 is 2.50 bits per heavy atom. The maximum absolute atomic E-state index is 8.98. The lowest BCUT2D eigenvalue weighted by Crippen LogP contribution is -1.97. The summed E-state index contributed by atoms with van der Waals surface area (Å²) in [6.45, 7) is 4.01. The van der Waals surface area contributed by atoms with Gasteiger partial charge in [0, 0.05) is 0 Å². The Bertz CT molecular complexity index is 106. The highest BCUT2D eigenvalue weighted by atomic mass is 16.3. The van der Waals surface area contributed by atoms with Gasteiger partial charge in [-0.05, 0) is 32.6 Å². The zero-order valence-electron chi connectivity index (χ0n) is 8.42. The number of allylic oxidation sites excluding steroid dienone is 2. The predicted molar refractivity (Wildman–Crippen MR) is 54.2 cm³/mol. The van der Waals surface area contributed by atoms with Crippen molar-refractivity contribution >= 4 is 0 Å². The van der Waals surface area contributed by atoms with E-state index in [-0.39, 0.29) is 6.10 Å². The molecule has 12 heavy (non-hydrogen) atoms. The quantitative estimate of drug-likeness (QED) is 0.459. The molecule has 0 saturated heterocycles. The Morgan fingerprint density at radius 1 is 1.17 bits per heavy atom. The first-order chi connectivity index (χ1) is 5.77. The lowest BCUT2D eigenvalue weighted by molar-refractivity contribution is 0.180. The second-order valence-corrected chi connectivity index (χ2v) is 3.37. The lowest BCUT2D eigenvalue weighted by Gasteiger charge is -2.01. The molecule has 0 fully saturated rings. The third-order valence-corrected chi connectivity index (χ3v) is 1.90. The third kappa shape index (κ3) is 9.70. The summed E-state index contributed by atoms with van der Waals surface area (Å²) < 4.78 is 0. The fourth-order valence-corrected chi connectivity index (χ4v) is 1.16. The van der Waals surface area contributed by atoms with Crippen LogP contribution < -0.4 is 0 Å². The van der Waals surface area contributed by atoms with E-state index in [2.05, 4.69) is 19.1 Å². The molecule has 0 rings (SSSR count). The Kier molecular flexibility index (Phi) is 8.57. The predicted octanol–water partition coefficient (Wildman–Crippen LogP) is 3.28. The highest BCUT2D eigenvalue weighted by Crippen LogP contribution is 2.05. The Balaban J connectivity index is 2.96. The molecule has 0 heterocycles. The van der Waals surface area contributed by atoms with E-state index >= 15 is 0 Å². The topological polar surface area (TPSA) is 20.2 Å². The number of aliphatic hydroxyl groups excluding tert-OH is 1. The van der Waals surface area contributed by atoms with E-state index in [0.717, 1.165) is 19.3 Å². The Labute approximate surface area is 76.5 Å². The maximum Gasteiger partial charge on any atom is 0.0512 e. The van der Waals surface area contributed by atoms with Crippen LogP contribution in [0.15, 0.2) is 12.2 Å². The van der Waals surface area contributed by atoms with Gasteiger partial charge in [-0.3, -0.25) is 0 Å². The van der Waals surface area contributed by atoms with Gasteiger partial charge in [0.05, 0.1) is 6.10 Å². The molecule has 72 valence electrons. The summed E-state index contributed by atoms with van der Waals surface area (Å²) in [5.41, 5.74) is 0. The minimum atomic E-state index is -0.115. The number of hydrogen-bond donors (Lipinski definition) is 1. The van der Waals surface area contributed by atoms with Gasteiger partial charge in [0.15, 0.2) is 0 Å². The van der Waals surface area contributed by atoms with Crippen molar-refractivity contribution in [3.63, 3.8) is 0 Å². The normalized spacial score (nSPS) is 13.9. The summed E-state index contributed by atoms with van der Waals surface area (Å²) in [5, 5.41) is 8.98. The van der Waals surface area contributed by atoms with Crippen LogP contribution in [0.1, 0.15) is 52.4 Å². The van der Waals surface area contributed by atoms with Crippen LogP contribution >= 0.6 is 0 Å². The molecule has 1 atom stereocenters. The van der Waals surface area contributed by atoms with Gasteiger partial charge in [0.25, 0.3) is 0 Å². The maximum atomic E-state index is 8.98. The van der Waals surface area contributed by atoms with E-state index in [0.29, 0.717) is 0 Å². The summed E-state index contributed by atoms with van der Waals surface area (Å²) in [4.78, 5) is 0. The van der Waals surface area contributed by atoms with Gasteiger partial charge in [0.2, 0.25) is 0 Å². The van der Waals surface area contributed by atoms with Crippen LogP contribution in [0.2, 0.25) is 0 Å². The molecule has 0 bridgehead atoms. The van der Waals surface area contributed by atoms with E-state index in [1.165, 1.54) is 19.3 Å². The molecule has 1 N–H and O–H groups in total. The van der Waals surface area contributed by atoms with Crippen molar-refractivity contribution in [1.29, 1.82) is 0 Å². The van der Waals surface area contributed by atoms with Crippen LogP contribution in [-0.2, 0) is 0 Å². The van der Waals surface area contributed by atoms with Crippen molar-refractivity contribution in [2.24, 2.45) is 0 Å². The summed E-state index contributed by atoms with van der Waals surface area (Å²) in [6, 6.07) is 0. The van der Waals surface area contributed by atoms with Crippen LogP contribution in [0.3, 0.4) is 0 Å². The first kappa shape index (κ1) is 11.7. The fourth-order valence-electron chi connectivity index (χ4n) is 1.16. The molecule has 1 unspecified atom stereocenters. The van der Waals surface area contributed by atoms with Crippen LogP contribution in [-0.4, -0.2) is 11.2 Å². The summed E-state index contributed by atoms with van der Waals surface area (Å²) in [7, 11) is 0. The highest BCUT2D eigenvalue weighted by Gasteiger charge is 1.93. The van der Waals surface area contributed by atoms with Gasteiger partial charge < -0.3 is 5.11 Å². The smallest absolute Gasteiger partial charge is 0.0512 e. The standard InChI is InChI=1S/C11H22O/c1-3-4-5-6-7-8-9-10-11(2)12/h4-5,11-12H,3,6-10H2,1-2H3. The molecule has 0 aliphatic rings. The molecular weight excluding hydrogens is 148 g/mol. The van der Waals surface area contributed by atoms with Gasteiger partial charge in [-0.2, -0.15) is 0 Å². The third-order valence-electron chi connectivity index (χ3n) is 1.90. The van der Waals surface area contributed by atoms with Crippen molar-refractivity contribution in [2.45, 2.75) is 58.5 Å². The number of hydrogen-bond acceptors (Lipinski definition) is 1. The average Bonchev–Trinajstić information content (AvgIpc) is 2.02. The SMILES string of the molecule is CCC=CCCCCCC(C)O. The van der Waals surface area contributed by atoms with E-state index in [1.54, 1.807) is 0 Å². The molecule has 0 aromatic carbocycles. The van der Waals surface area contributed by atoms with E-state index in [4.69, 9.17) is 5.11 Å². The van der Waals surface area contributed by atoms with Crippen LogP contribution in [0.5, 0.6) is 0 Å². The second kappa shape index (κ2) is 8.79. The van der Waals surface area contributed by atoms with Crippen LogP contribution in [0.25, 0.3) is 0 Å². The van der Waals surface area contributed by atoms with Gasteiger partial charge in [-0.25, -0.2) is 0 Å². The van der Waals surface area contributed by atoms with Crippen molar-refractivity contribution in [1.82, 2.24) is 0 Å². The van der Waals surface area contributed by atoms with Gasteiger partial charge in [0.1, 0.15) is 0 Å². The molecule has 0 amide bonds. The molecular formula is C11H22O. The highest BCUT2D eigenvalue weighted by molar-refractivity contribution is 4.79. The van der Waals surface area contributed by atoms with Gasteiger partial charge in [-0.1, -0.05) is 31.9 Å². The molecule has 0 saturated carbocycles. The number of aliphatic hydroxyl groups is 1. The molecule has 0 aliphatic heterocycles. The molecule has 0 aliphatic carbocycles. The summed E-state index contributed by atoms with van der Waals surface area (Å²) in [5.74, 6) is 0. The first-order valence-electron chi connectivity index (χ1n) is 5.10. The molecule has 1 heteroatoms. The molecule has 0 spiro atoms. The van der Waals surface area contributed by atoms with Crippen LogP contribution in [0, 0.1) is 0 Å². The number of unbranched alkanes of at least 4 members (excludes halogenated alkanes) is 3. The van der Waals surface area contributed by atoms with E-state index < -0.39 is 0 Å². The summed E-state index contributed by atoms with van der Waals surface area (Å²) >= 11 is 0. The van der Waals surface area contributed by atoms with Crippen molar-refractivity contribution in [3.05, 3.63) is 12.2 Å². The van der Waals surface area contributed by atoms with E-state index in [9.17, 15) is 0 Å². The molecule has 0 aromatic rings. The minimum absolute atomic E-state index is 0.115. The fraction of sp³-hybridized carbons (Fsp3) is 0.818. The van der Waals surface area contributed by atoms with E-state index in [1.807, 2.05) is 6.92 Å². The average molecular weight is 170 g/mol. The monoisotopic (exact) mass is 170 g/mol. The van der Waals surface area contributed by atoms with Crippen molar-refractivity contribution in [3.8, 4) is 0 Å². The van der Waals surface area contributed by atoms with Crippen molar-refractivity contribution in [2.75, 3.05) is 0 Å². The Morgan fingerprint density at radius 2 is 1.92 bits per heavy atom. The zero-order chi connectivity index (χ0) is 9.23. The largest absolute Gasteiger partial charge is 0.393 e. The molecule has 0 radical (unpaired) electrons. The number of rotatable bonds is 7. The molecule has 1 nitrogen and oxygen atoms in total. The first-order valence-corrected chi connectivity index (χ1v) is 5.10. The van der Waals surface area contributed by atoms with Gasteiger partial charge >= 0.3 is 0 Å². The lowest BCUT2D eigenvalue weighted by atomic mass is 10.1. The summed E-state index contributed by atoms with van der Waals surface area (Å²) in [6.07, 6.45) is 11.3. The Hall–Kier alpha value is -0.300. The zero-order valence-corrected chi connectivity index (χ0v) is 8.42. The van der Waals surface area contributed by atoms with Gasteiger partial charge in [-0.15, -0.1) is 0 Å². The minimum Gasteiger partial charge on any atom is -0.393 e. The second-order valence-electron chi connectivity index (χ2n) is 3.37. The molecule has 0 aromatic heterocycles. The van der Waals surface area contributed by atoms with Crippen LogP contribution in [0.4, 0.5) is 0 Å².